The van der Waals surface area contributed by atoms with Gasteiger partial charge in [0.2, 0.25) is 0 Å². The summed E-state index contributed by atoms with van der Waals surface area (Å²) in [6.07, 6.45) is 9.57. The van der Waals surface area contributed by atoms with Crippen LogP contribution in [-0.2, 0) is 4.74 Å². The fourth-order valence-electron chi connectivity index (χ4n) is 3.27. The van der Waals surface area contributed by atoms with Gasteiger partial charge in [0, 0.05) is 31.8 Å². The van der Waals surface area contributed by atoms with E-state index < -0.39 is 0 Å². The average molecular weight is 254 g/mol. The molecule has 3 nitrogen and oxygen atoms in total. The van der Waals surface area contributed by atoms with Gasteiger partial charge in [0.1, 0.15) is 0 Å². The SMILES string of the molecule is CCCNC1CCCC(N(CCOC)C2CC2)C1. The predicted octanol–water partition coefficient (Wildman–Crippen LogP) is 2.41. The van der Waals surface area contributed by atoms with Gasteiger partial charge in [-0.2, -0.15) is 0 Å². The third-order valence-electron chi connectivity index (χ3n) is 4.37. The van der Waals surface area contributed by atoms with Crippen LogP contribution in [0, 0.1) is 0 Å². The molecule has 0 aromatic carbocycles. The lowest BCUT2D eigenvalue weighted by Gasteiger charge is -2.38. The molecule has 0 aliphatic heterocycles. The van der Waals surface area contributed by atoms with Crippen molar-refractivity contribution in [3.05, 3.63) is 0 Å². The monoisotopic (exact) mass is 254 g/mol. The molecule has 0 aromatic heterocycles. The van der Waals surface area contributed by atoms with Gasteiger partial charge < -0.3 is 10.1 Å². The molecule has 2 aliphatic carbocycles. The highest BCUT2D eigenvalue weighted by molar-refractivity contribution is 4.92. The van der Waals surface area contributed by atoms with E-state index in [0.29, 0.717) is 0 Å². The Labute approximate surface area is 112 Å². The Kier molecular flexibility index (Phi) is 5.93. The molecule has 0 saturated heterocycles. The Morgan fingerprint density at radius 1 is 1.17 bits per heavy atom. The summed E-state index contributed by atoms with van der Waals surface area (Å²) in [4.78, 5) is 2.74. The predicted molar refractivity (Wildman–Crippen MR) is 75.9 cm³/mol. The van der Waals surface area contributed by atoms with Crippen LogP contribution in [-0.4, -0.2) is 49.8 Å². The lowest BCUT2D eigenvalue weighted by Crippen LogP contribution is -2.46. The molecule has 2 atom stereocenters. The first-order valence-electron chi connectivity index (χ1n) is 7.83. The van der Waals surface area contributed by atoms with Crippen molar-refractivity contribution in [2.24, 2.45) is 0 Å². The van der Waals surface area contributed by atoms with E-state index in [1.165, 1.54) is 51.5 Å². The van der Waals surface area contributed by atoms with E-state index in [0.717, 1.165) is 31.3 Å². The second kappa shape index (κ2) is 7.46. The molecule has 2 aliphatic rings. The van der Waals surface area contributed by atoms with Crippen LogP contribution in [0.2, 0.25) is 0 Å². The maximum Gasteiger partial charge on any atom is 0.0589 e. The molecule has 3 heteroatoms. The number of nitrogens with one attached hydrogen (secondary N) is 1. The number of methoxy groups -OCH3 is 1. The van der Waals surface area contributed by atoms with Crippen molar-refractivity contribution in [2.75, 3.05) is 26.8 Å². The highest BCUT2D eigenvalue weighted by Crippen LogP contribution is 2.33. The molecule has 1 N–H and O–H groups in total. The van der Waals surface area contributed by atoms with Crippen molar-refractivity contribution < 1.29 is 4.74 Å². The molecule has 2 saturated carbocycles. The van der Waals surface area contributed by atoms with Crippen molar-refractivity contribution in [3.63, 3.8) is 0 Å². The first-order valence-corrected chi connectivity index (χ1v) is 7.83. The van der Waals surface area contributed by atoms with Gasteiger partial charge in [0.25, 0.3) is 0 Å². The van der Waals surface area contributed by atoms with Crippen LogP contribution in [0.4, 0.5) is 0 Å². The molecule has 0 heterocycles. The number of hydrogen-bond acceptors (Lipinski definition) is 3. The van der Waals surface area contributed by atoms with Gasteiger partial charge in [-0.3, -0.25) is 4.90 Å². The molecule has 18 heavy (non-hydrogen) atoms. The molecule has 2 fully saturated rings. The van der Waals surface area contributed by atoms with E-state index in [1.54, 1.807) is 0 Å². The summed E-state index contributed by atoms with van der Waals surface area (Å²) in [6.45, 7) is 5.45. The van der Waals surface area contributed by atoms with Crippen molar-refractivity contribution in [1.82, 2.24) is 10.2 Å². The van der Waals surface area contributed by atoms with E-state index in [4.69, 9.17) is 4.74 Å². The van der Waals surface area contributed by atoms with Gasteiger partial charge in [-0.25, -0.2) is 0 Å². The molecule has 0 spiro atoms. The Morgan fingerprint density at radius 2 is 2.00 bits per heavy atom. The molecule has 0 bridgehead atoms. The van der Waals surface area contributed by atoms with Crippen molar-refractivity contribution in [1.29, 1.82) is 0 Å². The summed E-state index contributed by atoms with van der Waals surface area (Å²) in [5.74, 6) is 0. The van der Waals surface area contributed by atoms with E-state index in [-0.39, 0.29) is 0 Å². The minimum atomic E-state index is 0.757. The van der Waals surface area contributed by atoms with Gasteiger partial charge in [0.05, 0.1) is 6.61 Å². The van der Waals surface area contributed by atoms with Gasteiger partial charge in [-0.05, 0) is 45.1 Å². The van der Waals surface area contributed by atoms with E-state index in [9.17, 15) is 0 Å². The summed E-state index contributed by atoms with van der Waals surface area (Å²) in [5, 5.41) is 3.71. The van der Waals surface area contributed by atoms with Crippen LogP contribution in [0.15, 0.2) is 0 Å². The zero-order valence-corrected chi connectivity index (χ0v) is 12.2. The second-order valence-electron chi connectivity index (χ2n) is 5.93. The summed E-state index contributed by atoms with van der Waals surface area (Å²) in [7, 11) is 1.82. The van der Waals surface area contributed by atoms with Crippen molar-refractivity contribution >= 4 is 0 Å². The first-order chi connectivity index (χ1) is 8.85. The van der Waals surface area contributed by atoms with Crippen molar-refractivity contribution in [2.45, 2.75) is 70.0 Å². The summed E-state index contributed by atoms with van der Waals surface area (Å²) in [6, 6.07) is 2.43. The summed E-state index contributed by atoms with van der Waals surface area (Å²) < 4.78 is 5.28. The largest absolute Gasteiger partial charge is 0.383 e. The quantitative estimate of drug-likeness (QED) is 0.720. The lowest BCUT2D eigenvalue weighted by atomic mass is 9.89. The van der Waals surface area contributed by atoms with Gasteiger partial charge >= 0.3 is 0 Å². The van der Waals surface area contributed by atoms with Gasteiger partial charge in [-0.1, -0.05) is 13.3 Å². The number of rotatable bonds is 8. The highest BCUT2D eigenvalue weighted by Gasteiger charge is 2.35. The minimum Gasteiger partial charge on any atom is -0.383 e. The number of hydrogen-bond donors (Lipinski definition) is 1. The zero-order chi connectivity index (χ0) is 12.8. The van der Waals surface area contributed by atoms with E-state index in [1.807, 2.05) is 7.11 Å². The van der Waals surface area contributed by atoms with Gasteiger partial charge in [0.15, 0.2) is 0 Å². The standard InChI is InChI=1S/C15H30N2O/c1-3-9-16-13-5-4-6-15(12-13)17(10-11-18-2)14-7-8-14/h13-16H,3-12H2,1-2H3. The van der Waals surface area contributed by atoms with Crippen LogP contribution >= 0.6 is 0 Å². The van der Waals surface area contributed by atoms with Crippen molar-refractivity contribution in [3.8, 4) is 0 Å². The molecule has 106 valence electrons. The van der Waals surface area contributed by atoms with Crippen LogP contribution in [0.1, 0.15) is 51.9 Å². The topological polar surface area (TPSA) is 24.5 Å². The van der Waals surface area contributed by atoms with Crippen LogP contribution in [0.5, 0.6) is 0 Å². The molecule has 2 rings (SSSR count). The second-order valence-corrected chi connectivity index (χ2v) is 5.93. The van der Waals surface area contributed by atoms with Gasteiger partial charge in [-0.15, -0.1) is 0 Å². The molecular formula is C15H30N2O. The zero-order valence-electron chi connectivity index (χ0n) is 12.2. The maximum atomic E-state index is 5.28. The molecular weight excluding hydrogens is 224 g/mol. The van der Waals surface area contributed by atoms with Crippen LogP contribution in [0.25, 0.3) is 0 Å². The molecule has 0 amide bonds. The molecule has 0 aromatic rings. The summed E-state index contributed by atoms with van der Waals surface area (Å²) in [5.41, 5.74) is 0. The molecule has 2 unspecified atom stereocenters. The lowest BCUT2D eigenvalue weighted by molar-refractivity contribution is 0.0882. The normalized spacial score (nSPS) is 28.8. The Bertz CT molecular complexity index is 231. The third kappa shape index (κ3) is 4.22. The Balaban J connectivity index is 1.80. The Hall–Kier alpha value is -0.120. The first kappa shape index (κ1) is 14.3. The van der Waals surface area contributed by atoms with Crippen LogP contribution in [0.3, 0.4) is 0 Å². The van der Waals surface area contributed by atoms with E-state index in [2.05, 4.69) is 17.1 Å². The number of nitrogens with zero attached hydrogens (tertiary/aromatic N) is 1. The minimum absolute atomic E-state index is 0.757. The number of ether oxygens (including phenoxy) is 1. The van der Waals surface area contributed by atoms with E-state index >= 15 is 0 Å². The third-order valence-corrected chi connectivity index (χ3v) is 4.37. The van der Waals surface area contributed by atoms with Crippen LogP contribution < -0.4 is 5.32 Å². The smallest absolute Gasteiger partial charge is 0.0589 e. The summed E-state index contributed by atoms with van der Waals surface area (Å²) >= 11 is 0. The average Bonchev–Trinajstić information content (AvgIpc) is 3.22. The maximum absolute atomic E-state index is 5.28. The fourth-order valence-corrected chi connectivity index (χ4v) is 3.27. The molecule has 0 radical (unpaired) electrons. The Morgan fingerprint density at radius 3 is 2.67 bits per heavy atom. The highest BCUT2D eigenvalue weighted by atomic mass is 16.5. The fraction of sp³-hybridized carbons (Fsp3) is 1.00.